The van der Waals surface area contributed by atoms with E-state index in [-0.39, 0.29) is 0 Å². The second-order valence-electron chi connectivity index (χ2n) is 2.81. The second kappa shape index (κ2) is 12.9. The van der Waals surface area contributed by atoms with Crippen molar-refractivity contribution in [2.24, 2.45) is 0 Å². The van der Waals surface area contributed by atoms with Gasteiger partial charge in [-0.3, -0.25) is 9.59 Å². The Bertz CT molecular complexity index is 141. The Labute approximate surface area is 89.8 Å². The molecule has 6 heteroatoms. The van der Waals surface area contributed by atoms with Gasteiger partial charge in [0.15, 0.2) is 0 Å². The van der Waals surface area contributed by atoms with Crippen molar-refractivity contribution in [3.63, 3.8) is 0 Å². The van der Waals surface area contributed by atoms with E-state index in [0.717, 1.165) is 39.8 Å². The standard InChI is InChI=1S/C4H8O2.C3H7NO.C2H4O2/c1-2-6-4-3-5-1;1-4(2)3-5;1-2(3)4/h1-4H2;3H,1-2H3;1H3,(H,3,4). The minimum Gasteiger partial charge on any atom is -0.481 e. The van der Waals surface area contributed by atoms with E-state index < -0.39 is 5.97 Å². The van der Waals surface area contributed by atoms with Crippen LogP contribution in [0.5, 0.6) is 0 Å². The number of nitrogens with zero attached hydrogens (tertiary/aromatic N) is 1. The van der Waals surface area contributed by atoms with Crippen molar-refractivity contribution in [3.8, 4) is 0 Å². The first kappa shape index (κ1) is 16.3. The minimum absolute atomic E-state index is 0.750. The molecule has 1 aliphatic rings. The van der Waals surface area contributed by atoms with Gasteiger partial charge in [-0.15, -0.1) is 0 Å². The van der Waals surface area contributed by atoms with Crippen molar-refractivity contribution >= 4 is 12.4 Å². The molecule has 0 atom stereocenters. The van der Waals surface area contributed by atoms with Crippen molar-refractivity contribution in [2.75, 3.05) is 40.5 Å². The lowest BCUT2D eigenvalue weighted by atomic mass is 10.6. The Balaban J connectivity index is 0. The maximum Gasteiger partial charge on any atom is 0.300 e. The second-order valence-corrected chi connectivity index (χ2v) is 2.81. The van der Waals surface area contributed by atoms with Crippen molar-refractivity contribution in [1.29, 1.82) is 0 Å². The fraction of sp³-hybridized carbons (Fsp3) is 0.778. The van der Waals surface area contributed by atoms with Crippen molar-refractivity contribution in [3.05, 3.63) is 0 Å². The molecule has 1 N–H and O–H groups in total. The van der Waals surface area contributed by atoms with Gasteiger partial charge in [-0.25, -0.2) is 0 Å². The molecule has 0 unspecified atom stereocenters. The SMILES string of the molecule is C1COCCO1.CC(=O)O.CN(C)C=O. The van der Waals surface area contributed by atoms with Crippen LogP contribution in [-0.2, 0) is 19.1 Å². The summed E-state index contributed by atoms with van der Waals surface area (Å²) < 4.78 is 9.89. The topological polar surface area (TPSA) is 76.1 Å². The summed E-state index contributed by atoms with van der Waals surface area (Å²) in [6, 6.07) is 0. The van der Waals surface area contributed by atoms with Gasteiger partial charge < -0.3 is 19.5 Å². The summed E-state index contributed by atoms with van der Waals surface area (Å²) in [6.07, 6.45) is 0.750. The van der Waals surface area contributed by atoms with Crippen molar-refractivity contribution in [1.82, 2.24) is 4.90 Å². The first-order chi connectivity index (χ1) is 7.00. The molecule has 0 aromatic rings. The molecule has 1 saturated heterocycles. The maximum absolute atomic E-state index is 9.43. The summed E-state index contributed by atoms with van der Waals surface area (Å²) >= 11 is 0. The van der Waals surface area contributed by atoms with E-state index in [4.69, 9.17) is 19.4 Å². The third-order valence-electron chi connectivity index (χ3n) is 0.955. The van der Waals surface area contributed by atoms with Crippen LogP contribution in [0.2, 0.25) is 0 Å². The highest BCUT2D eigenvalue weighted by Crippen LogP contribution is 1.85. The van der Waals surface area contributed by atoms with Crippen LogP contribution < -0.4 is 0 Å². The molecule has 1 fully saturated rings. The van der Waals surface area contributed by atoms with Gasteiger partial charge in [0.1, 0.15) is 0 Å². The number of hydrogen-bond acceptors (Lipinski definition) is 4. The summed E-state index contributed by atoms with van der Waals surface area (Å²) in [5.41, 5.74) is 0. The highest BCUT2D eigenvalue weighted by atomic mass is 16.6. The monoisotopic (exact) mass is 221 g/mol. The van der Waals surface area contributed by atoms with Gasteiger partial charge in [-0.1, -0.05) is 0 Å². The Hall–Kier alpha value is -1.14. The fourth-order valence-corrected chi connectivity index (χ4v) is 0.440. The van der Waals surface area contributed by atoms with Gasteiger partial charge in [-0.2, -0.15) is 0 Å². The van der Waals surface area contributed by atoms with Gasteiger partial charge in [0.25, 0.3) is 5.97 Å². The van der Waals surface area contributed by atoms with E-state index in [1.165, 1.54) is 4.90 Å². The van der Waals surface area contributed by atoms with Crippen LogP contribution in [0.3, 0.4) is 0 Å². The van der Waals surface area contributed by atoms with Crippen LogP contribution in [0.25, 0.3) is 0 Å². The molecule has 0 radical (unpaired) electrons. The fourth-order valence-electron chi connectivity index (χ4n) is 0.440. The molecule has 0 bridgehead atoms. The average molecular weight is 221 g/mol. The van der Waals surface area contributed by atoms with Gasteiger partial charge in [0.05, 0.1) is 26.4 Å². The van der Waals surface area contributed by atoms with E-state index in [0.29, 0.717) is 0 Å². The van der Waals surface area contributed by atoms with E-state index in [1.807, 2.05) is 0 Å². The van der Waals surface area contributed by atoms with Crippen molar-refractivity contribution < 1.29 is 24.2 Å². The van der Waals surface area contributed by atoms with E-state index in [9.17, 15) is 4.79 Å². The zero-order chi connectivity index (χ0) is 12.1. The number of amides is 1. The summed E-state index contributed by atoms with van der Waals surface area (Å²) in [7, 11) is 3.38. The van der Waals surface area contributed by atoms with Gasteiger partial charge in [0, 0.05) is 21.0 Å². The minimum atomic E-state index is -0.833. The van der Waals surface area contributed by atoms with E-state index >= 15 is 0 Å². The molecular formula is C9H19NO5. The smallest absolute Gasteiger partial charge is 0.300 e. The molecule has 1 amide bonds. The number of carbonyl (C=O) groups is 2. The Morgan fingerprint density at radius 1 is 1.20 bits per heavy atom. The van der Waals surface area contributed by atoms with Gasteiger partial charge in [-0.05, 0) is 0 Å². The van der Waals surface area contributed by atoms with Crippen molar-refractivity contribution in [2.45, 2.75) is 6.92 Å². The van der Waals surface area contributed by atoms with Crippen LogP contribution in [0, 0.1) is 0 Å². The Morgan fingerprint density at radius 3 is 1.47 bits per heavy atom. The number of hydrogen-bond donors (Lipinski definition) is 1. The molecule has 6 nitrogen and oxygen atoms in total. The third-order valence-corrected chi connectivity index (χ3v) is 0.955. The normalized spacial score (nSPS) is 13.5. The largest absolute Gasteiger partial charge is 0.481 e. The molecule has 0 aliphatic carbocycles. The molecule has 0 aromatic carbocycles. The molecule has 0 spiro atoms. The molecule has 1 aliphatic heterocycles. The number of aliphatic carboxylic acids is 1. The van der Waals surface area contributed by atoms with Crippen LogP contribution in [0.15, 0.2) is 0 Å². The summed E-state index contributed by atoms with van der Waals surface area (Å²) in [6.45, 7) is 4.19. The molecule has 90 valence electrons. The quantitative estimate of drug-likeness (QED) is 0.622. The lowest BCUT2D eigenvalue weighted by molar-refractivity contribution is -0.134. The van der Waals surface area contributed by atoms with Gasteiger partial charge >= 0.3 is 0 Å². The third kappa shape index (κ3) is 32.2. The molecular weight excluding hydrogens is 202 g/mol. The van der Waals surface area contributed by atoms with Crippen LogP contribution >= 0.6 is 0 Å². The molecule has 0 saturated carbocycles. The lowest BCUT2D eigenvalue weighted by Gasteiger charge is -2.09. The molecule has 1 heterocycles. The Kier molecular flexibility index (Phi) is 14.0. The van der Waals surface area contributed by atoms with Crippen LogP contribution in [0.1, 0.15) is 6.92 Å². The summed E-state index contributed by atoms with van der Waals surface area (Å²) in [5.74, 6) is -0.833. The van der Waals surface area contributed by atoms with E-state index in [2.05, 4.69) is 0 Å². The van der Waals surface area contributed by atoms with E-state index in [1.54, 1.807) is 14.1 Å². The number of carboxylic acids is 1. The number of carbonyl (C=O) groups excluding carboxylic acids is 1. The van der Waals surface area contributed by atoms with Gasteiger partial charge in [0.2, 0.25) is 6.41 Å². The molecule has 1 rings (SSSR count). The molecule has 0 aromatic heterocycles. The summed E-state index contributed by atoms with van der Waals surface area (Å²) in [4.78, 5) is 19.9. The highest BCUT2D eigenvalue weighted by molar-refractivity contribution is 5.62. The van der Waals surface area contributed by atoms with Crippen LogP contribution in [-0.4, -0.2) is 62.9 Å². The first-order valence-electron chi connectivity index (χ1n) is 4.47. The average Bonchev–Trinajstić information content (AvgIpc) is 2.20. The number of carboxylic acid groups (broad SMARTS) is 1. The maximum atomic E-state index is 9.43. The highest BCUT2D eigenvalue weighted by Gasteiger charge is 1.94. The predicted molar refractivity (Wildman–Crippen MR) is 54.7 cm³/mol. The Morgan fingerprint density at radius 2 is 1.40 bits per heavy atom. The first-order valence-corrected chi connectivity index (χ1v) is 4.47. The van der Waals surface area contributed by atoms with Crippen LogP contribution in [0.4, 0.5) is 0 Å². The lowest BCUT2D eigenvalue weighted by Crippen LogP contribution is -2.16. The summed E-state index contributed by atoms with van der Waals surface area (Å²) in [5, 5.41) is 7.42. The zero-order valence-corrected chi connectivity index (χ0v) is 9.43. The molecule has 15 heavy (non-hydrogen) atoms. The predicted octanol–water partition coefficient (Wildman–Crippen LogP) is -0.171. The zero-order valence-electron chi connectivity index (χ0n) is 9.43. The number of ether oxygens (including phenoxy) is 2. The number of rotatable bonds is 1.